The van der Waals surface area contributed by atoms with Gasteiger partial charge in [0.15, 0.2) is 5.78 Å². The number of halogens is 1. The summed E-state index contributed by atoms with van der Waals surface area (Å²) < 4.78 is 12.5. The Morgan fingerprint density at radius 1 is 1.14 bits per heavy atom. The molecule has 0 aliphatic rings. The SMILES string of the molecule is CCOc1ccc(C(C)=O)cc1COc1cccc(I)c1. The average molecular weight is 396 g/mol. The van der Waals surface area contributed by atoms with Crippen LogP contribution in [0, 0.1) is 3.57 Å². The second-order valence-corrected chi connectivity index (χ2v) is 5.80. The molecule has 0 spiro atoms. The predicted octanol–water partition coefficient (Wildman–Crippen LogP) is 4.47. The Bertz CT molecular complexity index is 638. The van der Waals surface area contributed by atoms with E-state index in [9.17, 15) is 4.79 Å². The average Bonchev–Trinajstić information content (AvgIpc) is 2.46. The zero-order chi connectivity index (χ0) is 15.2. The Kier molecular flexibility index (Phi) is 5.61. The van der Waals surface area contributed by atoms with Crippen LogP contribution in [-0.2, 0) is 6.61 Å². The van der Waals surface area contributed by atoms with Crippen molar-refractivity contribution < 1.29 is 14.3 Å². The maximum atomic E-state index is 11.5. The fourth-order valence-electron chi connectivity index (χ4n) is 1.93. The van der Waals surface area contributed by atoms with Crippen molar-refractivity contribution in [2.75, 3.05) is 6.61 Å². The molecule has 21 heavy (non-hydrogen) atoms. The molecule has 0 heterocycles. The molecule has 2 aromatic rings. The molecule has 2 rings (SSSR count). The molecule has 0 aromatic heterocycles. The maximum Gasteiger partial charge on any atom is 0.159 e. The van der Waals surface area contributed by atoms with Crippen molar-refractivity contribution >= 4 is 28.4 Å². The molecular formula is C17H17IO3. The molecule has 4 heteroatoms. The Morgan fingerprint density at radius 3 is 2.62 bits per heavy atom. The molecule has 0 saturated heterocycles. The van der Waals surface area contributed by atoms with Crippen LogP contribution in [-0.4, -0.2) is 12.4 Å². The van der Waals surface area contributed by atoms with E-state index >= 15 is 0 Å². The van der Waals surface area contributed by atoms with Gasteiger partial charge in [0.05, 0.1) is 6.61 Å². The number of benzene rings is 2. The Hall–Kier alpha value is -1.56. The van der Waals surface area contributed by atoms with Gasteiger partial charge in [0.2, 0.25) is 0 Å². The van der Waals surface area contributed by atoms with Crippen LogP contribution in [0.2, 0.25) is 0 Å². The quantitative estimate of drug-likeness (QED) is 0.534. The van der Waals surface area contributed by atoms with Gasteiger partial charge in [0, 0.05) is 14.7 Å². The fourth-order valence-corrected chi connectivity index (χ4v) is 2.44. The third kappa shape index (κ3) is 4.46. The second kappa shape index (κ2) is 7.45. The number of carbonyl (C=O) groups excluding carboxylic acids is 1. The third-order valence-corrected chi connectivity index (χ3v) is 3.63. The molecule has 0 aliphatic heterocycles. The van der Waals surface area contributed by atoms with Gasteiger partial charge in [-0.2, -0.15) is 0 Å². The van der Waals surface area contributed by atoms with Gasteiger partial charge < -0.3 is 9.47 Å². The summed E-state index contributed by atoms with van der Waals surface area (Å²) in [7, 11) is 0. The monoisotopic (exact) mass is 396 g/mol. The Morgan fingerprint density at radius 2 is 1.95 bits per heavy atom. The zero-order valence-corrected chi connectivity index (χ0v) is 14.2. The fraction of sp³-hybridized carbons (Fsp3) is 0.235. The van der Waals surface area contributed by atoms with E-state index in [1.54, 1.807) is 13.0 Å². The van der Waals surface area contributed by atoms with Gasteiger partial charge in [-0.05, 0) is 72.8 Å². The van der Waals surface area contributed by atoms with E-state index in [0.29, 0.717) is 18.8 Å². The second-order valence-electron chi connectivity index (χ2n) is 4.56. The smallest absolute Gasteiger partial charge is 0.159 e. The van der Waals surface area contributed by atoms with Crippen LogP contribution in [0.4, 0.5) is 0 Å². The first-order valence-corrected chi connectivity index (χ1v) is 7.83. The van der Waals surface area contributed by atoms with E-state index in [1.165, 1.54) is 0 Å². The normalized spacial score (nSPS) is 10.2. The van der Waals surface area contributed by atoms with Crippen molar-refractivity contribution in [3.63, 3.8) is 0 Å². The van der Waals surface area contributed by atoms with Crippen molar-refractivity contribution in [3.8, 4) is 11.5 Å². The molecule has 0 radical (unpaired) electrons. The highest BCUT2D eigenvalue weighted by Crippen LogP contribution is 2.23. The summed E-state index contributed by atoms with van der Waals surface area (Å²) >= 11 is 2.24. The van der Waals surface area contributed by atoms with Gasteiger partial charge in [-0.25, -0.2) is 0 Å². The van der Waals surface area contributed by atoms with E-state index in [4.69, 9.17) is 9.47 Å². The van der Waals surface area contributed by atoms with Crippen LogP contribution in [0.5, 0.6) is 11.5 Å². The molecular weight excluding hydrogens is 379 g/mol. The largest absolute Gasteiger partial charge is 0.493 e. The predicted molar refractivity (Wildman–Crippen MR) is 91.1 cm³/mol. The third-order valence-electron chi connectivity index (χ3n) is 2.96. The standard InChI is InChI=1S/C17H17IO3/c1-3-20-17-8-7-13(12(2)19)9-14(17)11-21-16-6-4-5-15(18)10-16/h4-10H,3,11H2,1-2H3. The van der Waals surface area contributed by atoms with Crippen LogP contribution >= 0.6 is 22.6 Å². The van der Waals surface area contributed by atoms with Gasteiger partial charge in [-0.15, -0.1) is 0 Å². The molecule has 3 nitrogen and oxygen atoms in total. The zero-order valence-electron chi connectivity index (χ0n) is 12.1. The number of Topliss-reactive ketones (excluding diaryl/α,β-unsaturated/α-hetero) is 1. The van der Waals surface area contributed by atoms with E-state index in [0.717, 1.165) is 20.6 Å². The van der Waals surface area contributed by atoms with Crippen molar-refractivity contribution in [2.45, 2.75) is 20.5 Å². The molecule has 0 amide bonds. The van der Waals surface area contributed by atoms with Crippen molar-refractivity contribution in [2.24, 2.45) is 0 Å². The van der Waals surface area contributed by atoms with Crippen molar-refractivity contribution in [1.82, 2.24) is 0 Å². The molecule has 0 N–H and O–H groups in total. The molecule has 0 aliphatic carbocycles. The van der Waals surface area contributed by atoms with Gasteiger partial charge >= 0.3 is 0 Å². The number of carbonyl (C=O) groups is 1. The van der Waals surface area contributed by atoms with Gasteiger partial charge in [0.1, 0.15) is 18.1 Å². The Labute approximate surface area is 138 Å². The topological polar surface area (TPSA) is 35.5 Å². The van der Waals surface area contributed by atoms with E-state index in [1.807, 2.05) is 43.3 Å². The van der Waals surface area contributed by atoms with Gasteiger partial charge in [-0.3, -0.25) is 4.79 Å². The van der Waals surface area contributed by atoms with Crippen LogP contribution in [0.3, 0.4) is 0 Å². The first-order chi connectivity index (χ1) is 10.1. The summed E-state index contributed by atoms with van der Waals surface area (Å²) in [4.78, 5) is 11.5. The number of ether oxygens (including phenoxy) is 2. The number of ketones is 1. The number of hydrogen-bond acceptors (Lipinski definition) is 3. The lowest BCUT2D eigenvalue weighted by atomic mass is 10.1. The van der Waals surface area contributed by atoms with Gasteiger partial charge in [-0.1, -0.05) is 6.07 Å². The summed E-state index contributed by atoms with van der Waals surface area (Å²) in [5, 5.41) is 0. The minimum atomic E-state index is 0.0357. The van der Waals surface area contributed by atoms with E-state index in [2.05, 4.69) is 22.6 Å². The summed E-state index contributed by atoms with van der Waals surface area (Å²) in [6.07, 6.45) is 0. The molecule has 2 aromatic carbocycles. The molecule has 110 valence electrons. The lowest BCUT2D eigenvalue weighted by Crippen LogP contribution is -2.03. The highest BCUT2D eigenvalue weighted by molar-refractivity contribution is 14.1. The van der Waals surface area contributed by atoms with E-state index < -0.39 is 0 Å². The lowest BCUT2D eigenvalue weighted by molar-refractivity contribution is 0.101. The molecule has 0 unspecified atom stereocenters. The minimum absolute atomic E-state index is 0.0357. The summed E-state index contributed by atoms with van der Waals surface area (Å²) in [5.74, 6) is 1.60. The lowest BCUT2D eigenvalue weighted by Gasteiger charge is -2.13. The Balaban J connectivity index is 2.20. The van der Waals surface area contributed by atoms with E-state index in [-0.39, 0.29) is 5.78 Å². The molecule has 0 atom stereocenters. The molecule has 0 fully saturated rings. The first kappa shape index (κ1) is 15.8. The summed E-state index contributed by atoms with van der Waals surface area (Å²) in [6.45, 7) is 4.44. The number of hydrogen-bond donors (Lipinski definition) is 0. The van der Waals surface area contributed by atoms with Crippen LogP contribution in [0.1, 0.15) is 29.8 Å². The van der Waals surface area contributed by atoms with Crippen LogP contribution < -0.4 is 9.47 Å². The van der Waals surface area contributed by atoms with Crippen LogP contribution in [0.15, 0.2) is 42.5 Å². The summed E-state index contributed by atoms with van der Waals surface area (Å²) in [6, 6.07) is 13.3. The van der Waals surface area contributed by atoms with Crippen LogP contribution in [0.25, 0.3) is 0 Å². The highest BCUT2D eigenvalue weighted by Gasteiger charge is 2.09. The van der Waals surface area contributed by atoms with Crippen molar-refractivity contribution in [1.29, 1.82) is 0 Å². The van der Waals surface area contributed by atoms with Gasteiger partial charge in [0.25, 0.3) is 0 Å². The number of rotatable bonds is 6. The molecule has 0 saturated carbocycles. The first-order valence-electron chi connectivity index (χ1n) is 6.75. The summed E-state index contributed by atoms with van der Waals surface area (Å²) in [5.41, 5.74) is 1.54. The minimum Gasteiger partial charge on any atom is -0.493 e. The maximum absolute atomic E-state index is 11.5. The molecule has 0 bridgehead atoms. The highest BCUT2D eigenvalue weighted by atomic mass is 127. The van der Waals surface area contributed by atoms with Crippen molar-refractivity contribution in [3.05, 3.63) is 57.2 Å².